The topological polar surface area (TPSA) is 77.8 Å². The van der Waals surface area contributed by atoms with Gasteiger partial charge in [-0.3, -0.25) is 0 Å². The summed E-state index contributed by atoms with van der Waals surface area (Å²) in [6, 6.07) is 11.8. The van der Waals surface area contributed by atoms with Crippen molar-refractivity contribution in [3.63, 3.8) is 0 Å². The third-order valence-corrected chi connectivity index (χ3v) is 3.04. The second-order valence-corrected chi connectivity index (χ2v) is 4.48. The molecule has 2 heterocycles. The molecule has 0 saturated carbocycles. The number of rotatable bonds is 3. The Morgan fingerprint density at radius 3 is 2.84 bits per heavy atom. The average molecular weight is 254 g/mol. The van der Waals surface area contributed by atoms with Crippen LogP contribution < -0.4 is 5.73 Å². The third-order valence-electron chi connectivity index (χ3n) is 3.04. The fraction of sp³-hybridized carbons (Fsp3) is 0.214. The van der Waals surface area contributed by atoms with Gasteiger partial charge in [0.1, 0.15) is 5.69 Å². The molecule has 1 atom stereocenters. The van der Waals surface area contributed by atoms with Crippen molar-refractivity contribution >= 4 is 10.9 Å². The summed E-state index contributed by atoms with van der Waals surface area (Å²) in [6.07, 6.45) is 0. The van der Waals surface area contributed by atoms with Crippen molar-refractivity contribution in [3.05, 3.63) is 42.3 Å². The Morgan fingerprint density at radius 2 is 2.00 bits per heavy atom. The Kier molecular flexibility index (Phi) is 2.97. The molecule has 0 fully saturated rings. The second kappa shape index (κ2) is 4.78. The summed E-state index contributed by atoms with van der Waals surface area (Å²) in [5.41, 5.74) is 7.20. The van der Waals surface area contributed by atoms with Crippen LogP contribution in [0.5, 0.6) is 0 Å². The molecular weight excluding hydrogens is 240 g/mol. The molecule has 0 bridgehead atoms. The number of benzene rings is 1. The van der Waals surface area contributed by atoms with Crippen molar-refractivity contribution in [1.82, 2.24) is 15.1 Å². The van der Waals surface area contributed by atoms with Gasteiger partial charge in [0.05, 0.1) is 5.52 Å². The summed E-state index contributed by atoms with van der Waals surface area (Å²) in [7, 11) is 0. The van der Waals surface area contributed by atoms with Crippen LogP contribution in [0.3, 0.4) is 0 Å². The van der Waals surface area contributed by atoms with Crippen LogP contribution in [-0.4, -0.2) is 21.7 Å². The van der Waals surface area contributed by atoms with Crippen LogP contribution in [0.4, 0.5) is 0 Å². The van der Waals surface area contributed by atoms with Gasteiger partial charge in [0.25, 0.3) is 0 Å². The van der Waals surface area contributed by atoms with E-state index in [2.05, 4.69) is 15.1 Å². The van der Waals surface area contributed by atoms with E-state index in [4.69, 9.17) is 10.3 Å². The van der Waals surface area contributed by atoms with Crippen molar-refractivity contribution in [1.29, 1.82) is 0 Å². The minimum atomic E-state index is 0.0571. The van der Waals surface area contributed by atoms with Crippen LogP contribution in [0, 0.1) is 0 Å². The molecule has 1 aromatic carbocycles. The zero-order valence-electron chi connectivity index (χ0n) is 10.6. The molecule has 0 radical (unpaired) electrons. The minimum Gasteiger partial charge on any atom is -0.339 e. The van der Waals surface area contributed by atoms with Crippen LogP contribution in [0.2, 0.25) is 0 Å². The predicted molar refractivity (Wildman–Crippen MR) is 72.5 cm³/mol. The molecule has 0 amide bonds. The monoisotopic (exact) mass is 254 g/mol. The van der Waals surface area contributed by atoms with Gasteiger partial charge in [0, 0.05) is 17.8 Å². The van der Waals surface area contributed by atoms with Crippen molar-refractivity contribution in [2.24, 2.45) is 5.73 Å². The van der Waals surface area contributed by atoms with Gasteiger partial charge in [-0.15, -0.1) is 0 Å². The number of nitrogens with two attached hydrogens (primary N) is 1. The van der Waals surface area contributed by atoms with E-state index in [1.165, 1.54) is 0 Å². The maximum absolute atomic E-state index is 5.58. The van der Waals surface area contributed by atoms with E-state index in [1.54, 1.807) is 0 Å². The minimum absolute atomic E-state index is 0.0571. The van der Waals surface area contributed by atoms with E-state index in [9.17, 15) is 0 Å². The molecule has 1 unspecified atom stereocenters. The normalized spacial score (nSPS) is 12.7. The largest absolute Gasteiger partial charge is 0.339 e. The first-order valence-corrected chi connectivity index (χ1v) is 6.18. The molecule has 3 rings (SSSR count). The number of nitrogens with zero attached hydrogens (tertiary/aromatic N) is 3. The summed E-state index contributed by atoms with van der Waals surface area (Å²) in [5.74, 6) is 1.11. The average Bonchev–Trinajstić information content (AvgIpc) is 2.95. The summed E-state index contributed by atoms with van der Waals surface area (Å²) in [6.45, 7) is 2.43. The molecule has 2 N–H and O–H groups in total. The van der Waals surface area contributed by atoms with Crippen molar-refractivity contribution in [2.45, 2.75) is 12.8 Å². The van der Waals surface area contributed by atoms with Crippen LogP contribution in [0.25, 0.3) is 22.4 Å². The quantitative estimate of drug-likeness (QED) is 0.776. The van der Waals surface area contributed by atoms with E-state index in [1.807, 2.05) is 43.3 Å². The molecule has 19 heavy (non-hydrogen) atoms. The lowest BCUT2D eigenvalue weighted by molar-refractivity contribution is 0.361. The molecule has 0 aliphatic heterocycles. The number of hydrogen-bond acceptors (Lipinski definition) is 5. The molecule has 0 aliphatic rings. The highest BCUT2D eigenvalue weighted by Crippen LogP contribution is 2.20. The number of fused-ring (bicyclic) bond motifs is 1. The number of para-hydroxylation sites is 1. The highest BCUT2D eigenvalue weighted by Gasteiger charge is 2.14. The van der Waals surface area contributed by atoms with Gasteiger partial charge in [0.15, 0.2) is 0 Å². The lowest BCUT2D eigenvalue weighted by Crippen LogP contribution is -2.08. The van der Waals surface area contributed by atoms with E-state index < -0.39 is 0 Å². The fourth-order valence-corrected chi connectivity index (χ4v) is 1.83. The van der Waals surface area contributed by atoms with E-state index >= 15 is 0 Å². The lowest BCUT2D eigenvalue weighted by atomic mass is 10.2. The fourth-order valence-electron chi connectivity index (χ4n) is 1.83. The summed E-state index contributed by atoms with van der Waals surface area (Å²) >= 11 is 0. The molecule has 0 saturated heterocycles. The van der Waals surface area contributed by atoms with Gasteiger partial charge in [-0.25, -0.2) is 4.98 Å². The van der Waals surface area contributed by atoms with Crippen LogP contribution in [0.15, 0.2) is 40.9 Å². The van der Waals surface area contributed by atoms with Gasteiger partial charge in [0.2, 0.25) is 11.7 Å². The smallest absolute Gasteiger partial charge is 0.231 e. The molecule has 96 valence electrons. The first-order valence-electron chi connectivity index (χ1n) is 6.18. The number of pyridine rings is 1. The van der Waals surface area contributed by atoms with Gasteiger partial charge < -0.3 is 10.3 Å². The van der Waals surface area contributed by atoms with Crippen molar-refractivity contribution in [2.75, 3.05) is 6.54 Å². The lowest BCUT2D eigenvalue weighted by Gasteiger charge is -1.99. The van der Waals surface area contributed by atoms with Gasteiger partial charge in [-0.1, -0.05) is 36.3 Å². The Labute approximate surface area is 110 Å². The maximum atomic E-state index is 5.58. The number of aromatic nitrogens is 3. The number of hydrogen-bond donors (Lipinski definition) is 1. The van der Waals surface area contributed by atoms with E-state index in [-0.39, 0.29) is 5.92 Å². The second-order valence-electron chi connectivity index (χ2n) is 4.48. The third kappa shape index (κ3) is 2.20. The Morgan fingerprint density at radius 1 is 1.16 bits per heavy atom. The zero-order chi connectivity index (χ0) is 13.2. The van der Waals surface area contributed by atoms with Gasteiger partial charge in [-0.05, 0) is 12.1 Å². The summed E-state index contributed by atoms with van der Waals surface area (Å²) in [5, 5.41) is 5.05. The Balaban J connectivity index is 2.01. The van der Waals surface area contributed by atoms with E-state index in [0.717, 1.165) is 10.9 Å². The van der Waals surface area contributed by atoms with Gasteiger partial charge in [-0.2, -0.15) is 4.98 Å². The maximum Gasteiger partial charge on any atom is 0.231 e. The first-order chi connectivity index (χ1) is 9.28. The Bertz CT molecular complexity index is 707. The first kappa shape index (κ1) is 11.8. The van der Waals surface area contributed by atoms with Crippen molar-refractivity contribution in [3.8, 4) is 11.5 Å². The van der Waals surface area contributed by atoms with Gasteiger partial charge >= 0.3 is 0 Å². The van der Waals surface area contributed by atoms with Crippen LogP contribution in [0.1, 0.15) is 18.7 Å². The molecule has 3 aromatic rings. The van der Waals surface area contributed by atoms with Crippen molar-refractivity contribution < 1.29 is 4.52 Å². The predicted octanol–water partition coefficient (Wildman–Crippen LogP) is 2.35. The highest BCUT2D eigenvalue weighted by atomic mass is 16.5. The van der Waals surface area contributed by atoms with E-state index in [0.29, 0.717) is 24.0 Å². The molecular formula is C14H14N4O. The molecule has 2 aromatic heterocycles. The summed E-state index contributed by atoms with van der Waals surface area (Å²) in [4.78, 5) is 8.87. The SMILES string of the molecule is CC(CN)c1nc(-c2ccc3ccccc3n2)no1. The van der Waals surface area contributed by atoms with Crippen LogP contribution in [-0.2, 0) is 0 Å². The summed E-state index contributed by atoms with van der Waals surface area (Å²) < 4.78 is 5.20. The molecule has 5 heteroatoms. The zero-order valence-corrected chi connectivity index (χ0v) is 10.6. The molecule has 0 aliphatic carbocycles. The molecule has 5 nitrogen and oxygen atoms in total. The van der Waals surface area contributed by atoms with Crippen LogP contribution >= 0.6 is 0 Å². The molecule has 0 spiro atoms. The standard InChI is InChI=1S/C14H14N4O/c1-9(8-15)14-17-13(18-19-14)12-7-6-10-4-2-3-5-11(10)16-12/h2-7,9H,8,15H2,1H3. The Hall–Kier alpha value is -2.27. The highest BCUT2D eigenvalue weighted by molar-refractivity contribution is 5.80.